The van der Waals surface area contributed by atoms with Crippen LogP contribution in [-0.2, 0) is 17.4 Å². The monoisotopic (exact) mass is 434 g/mol. The summed E-state index contributed by atoms with van der Waals surface area (Å²) in [6.07, 6.45) is -3.56. The summed E-state index contributed by atoms with van der Waals surface area (Å²) in [6.45, 7) is 6.43. The van der Waals surface area contributed by atoms with E-state index in [1.54, 1.807) is 30.6 Å². The van der Waals surface area contributed by atoms with Crippen LogP contribution in [0.15, 0.2) is 17.4 Å². The fourth-order valence-corrected chi connectivity index (χ4v) is 3.02. The van der Waals surface area contributed by atoms with Crippen molar-refractivity contribution in [1.82, 2.24) is 19.4 Å². The van der Waals surface area contributed by atoms with Gasteiger partial charge in [-0.25, -0.2) is 9.78 Å². The van der Waals surface area contributed by atoms with E-state index in [1.165, 1.54) is 19.4 Å². The van der Waals surface area contributed by atoms with Crippen LogP contribution in [0.5, 0.6) is 0 Å². The van der Waals surface area contributed by atoms with Gasteiger partial charge in [-0.05, 0) is 20.8 Å². The maximum absolute atomic E-state index is 13.5. The van der Waals surface area contributed by atoms with Gasteiger partial charge in [-0.1, -0.05) is 0 Å². The number of aliphatic imine (C=N–C) groups is 1. The van der Waals surface area contributed by atoms with Gasteiger partial charge >= 0.3 is 12.3 Å². The molecule has 0 saturated carbocycles. The Bertz CT molecular complexity index is 766. The van der Waals surface area contributed by atoms with Crippen molar-refractivity contribution in [2.45, 2.75) is 44.6 Å². The molecule has 1 saturated heterocycles. The Labute approximate surface area is 173 Å². The van der Waals surface area contributed by atoms with Crippen molar-refractivity contribution in [1.29, 1.82) is 0 Å². The molecule has 0 spiro atoms. The first-order chi connectivity index (χ1) is 13.7. The third kappa shape index (κ3) is 5.55. The molecule has 2 heterocycles. The first kappa shape index (κ1) is 23.8. The first-order valence-electron chi connectivity index (χ1n) is 9.54. The average Bonchev–Trinajstić information content (AvgIpc) is 3.05. The number of hydrogen-bond donors (Lipinski definition) is 2. The van der Waals surface area contributed by atoms with Crippen LogP contribution in [0.2, 0.25) is 0 Å². The molecule has 1 aliphatic rings. The van der Waals surface area contributed by atoms with Gasteiger partial charge < -0.3 is 29.9 Å². The molecule has 0 bridgehead atoms. The zero-order chi connectivity index (χ0) is 22.7. The third-order valence-corrected chi connectivity index (χ3v) is 4.66. The van der Waals surface area contributed by atoms with E-state index < -0.39 is 35.7 Å². The van der Waals surface area contributed by atoms with Crippen LogP contribution < -0.4 is 5.73 Å². The Morgan fingerprint density at radius 1 is 1.23 bits per heavy atom. The highest BCUT2D eigenvalue weighted by molar-refractivity contribution is 5.78. The lowest BCUT2D eigenvalue weighted by molar-refractivity contribution is -0.272. The van der Waals surface area contributed by atoms with E-state index in [9.17, 15) is 23.1 Å². The number of carbonyl (C=O) groups is 1. The van der Waals surface area contributed by atoms with Gasteiger partial charge in [0.25, 0.3) is 0 Å². The number of piperazine rings is 1. The summed E-state index contributed by atoms with van der Waals surface area (Å²) in [6, 6.07) is 0. The lowest BCUT2D eigenvalue weighted by Gasteiger charge is -2.36. The van der Waals surface area contributed by atoms with E-state index in [2.05, 4.69) is 9.98 Å². The van der Waals surface area contributed by atoms with Gasteiger partial charge in [-0.15, -0.1) is 0 Å². The van der Waals surface area contributed by atoms with Gasteiger partial charge in [0.2, 0.25) is 5.60 Å². The van der Waals surface area contributed by atoms with Gasteiger partial charge in [-0.2, -0.15) is 13.2 Å². The van der Waals surface area contributed by atoms with Crippen molar-refractivity contribution in [3.8, 4) is 0 Å². The Kier molecular flexibility index (Phi) is 6.90. The van der Waals surface area contributed by atoms with Gasteiger partial charge in [0.05, 0.1) is 0 Å². The van der Waals surface area contributed by atoms with Crippen molar-refractivity contribution in [2.75, 3.05) is 32.7 Å². The predicted molar refractivity (Wildman–Crippen MR) is 104 cm³/mol. The highest BCUT2D eigenvalue weighted by Gasteiger charge is 2.57. The maximum atomic E-state index is 13.5. The van der Waals surface area contributed by atoms with Crippen LogP contribution >= 0.6 is 0 Å². The molecule has 9 nitrogen and oxygen atoms in total. The molecule has 1 amide bonds. The van der Waals surface area contributed by atoms with Crippen LogP contribution in [0.3, 0.4) is 0 Å². The molecule has 0 aliphatic carbocycles. The number of alkyl halides is 3. The molecule has 2 rings (SSSR count). The average molecular weight is 434 g/mol. The number of hydrogen-bond acceptors (Lipinski definition) is 5. The summed E-state index contributed by atoms with van der Waals surface area (Å²) >= 11 is 0. The zero-order valence-corrected chi connectivity index (χ0v) is 17.6. The molecule has 1 aliphatic heterocycles. The number of aryl methyl sites for hydroxylation is 1. The summed E-state index contributed by atoms with van der Waals surface area (Å²) in [5.41, 5.74) is 2.18. The Hall–Kier alpha value is -2.50. The number of rotatable bonds is 4. The highest BCUT2D eigenvalue weighted by Crippen LogP contribution is 2.40. The second kappa shape index (κ2) is 8.70. The van der Waals surface area contributed by atoms with E-state index in [1.807, 2.05) is 0 Å². The SMILES string of the molecule is Cn1ccnc1C(O)(CCN=C(N)N1CCN(C(=O)OC(C)(C)C)CC1)C(F)(F)F. The molecule has 1 atom stereocenters. The number of guanidine groups is 1. The number of halogens is 3. The number of aliphatic hydroxyl groups is 1. The molecule has 12 heteroatoms. The molecule has 1 unspecified atom stereocenters. The summed E-state index contributed by atoms with van der Waals surface area (Å²) in [7, 11) is 1.38. The predicted octanol–water partition coefficient (Wildman–Crippen LogP) is 1.43. The van der Waals surface area contributed by atoms with Crippen molar-refractivity contribution in [3.05, 3.63) is 18.2 Å². The van der Waals surface area contributed by atoms with E-state index in [-0.39, 0.29) is 12.5 Å². The Morgan fingerprint density at radius 3 is 2.27 bits per heavy atom. The van der Waals surface area contributed by atoms with Crippen molar-refractivity contribution >= 4 is 12.1 Å². The second-order valence-electron chi connectivity index (χ2n) is 8.16. The molecular formula is C18H29F3N6O3. The fraction of sp³-hybridized carbons (Fsp3) is 0.722. The number of imidazole rings is 1. The van der Waals surface area contributed by atoms with E-state index in [4.69, 9.17) is 10.5 Å². The third-order valence-electron chi connectivity index (χ3n) is 4.66. The van der Waals surface area contributed by atoms with E-state index in [0.717, 1.165) is 4.57 Å². The van der Waals surface area contributed by atoms with Crippen LogP contribution in [0.1, 0.15) is 33.0 Å². The lowest BCUT2D eigenvalue weighted by Crippen LogP contribution is -2.53. The molecular weight excluding hydrogens is 405 g/mol. The summed E-state index contributed by atoms with van der Waals surface area (Å²) < 4.78 is 47.0. The summed E-state index contributed by atoms with van der Waals surface area (Å²) in [5.74, 6) is -0.446. The standard InChI is InChI=1S/C18H29F3N6O3/c1-16(2,3)30-15(28)27-11-9-26(10-12-27)14(22)24-6-5-17(29,18(19,20)21)13-23-7-8-25(13)4/h7-8,29H,5-6,9-12H2,1-4H3,(H2,22,24). The molecule has 1 fully saturated rings. The van der Waals surface area contributed by atoms with Crippen molar-refractivity contribution < 1.29 is 27.8 Å². The van der Waals surface area contributed by atoms with E-state index in [0.29, 0.717) is 26.2 Å². The van der Waals surface area contributed by atoms with Crippen LogP contribution in [-0.4, -0.2) is 81.0 Å². The largest absolute Gasteiger partial charge is 0.444 e. The van der Waals surface area contributed by atoms with Crippen LogP contribution in [0.25, 0.3) is 0 Å². The second-order valence-corrected chi connectivity index (χ2v) is 8.16. The number of ether oxygens (including phenoxy) is 1. The molecule has 1 aromatic rings. The first-order valence-corrected chi connectivity index (χ1v) is 9.54. The molecule has 30 heavy (non-hydrogen) atoms. The van der Waals surface area contributed by atoms with Gasteiger partial charge in [0.1, 0.15) is 11.4 Å². The lowest BCUT2D eigenvalue weighted by atomic mass is 9.98. The normalized spacial score (nSPS) is 18.3. The molecule has 3 N–H and O–H groups in total. The smallest absolute Gasteiger partial charge is 0.424 e. The van der Waals surface area contributed by atoms with Crippen LogP contribution in [0, 0.1) is 0 Å². The maximum Gasteiger partial charge on any atom is 0.424 e. The number of amides is 1. The fourth-order valence-electron chi connectivity index (χ4n) is 3.02. The number of nitrogens with zero attached hydrogens (tertiary/aromatic N) is 5. The minimum Gasteiger partial charge on any atom is -0.444 e. The molecule has 170 valence electrons. The Balaban J connectivity index is 1.95. The molecule has 0 aromatic carbocycles. The molecule has 0 radical (unpaired) electrons. The molecule has 1 aromatic heterocycles. The van der Waals surface area contributed by atoms with Crippen molar-refractivity contribution in [3.63, 3.8) is 0 Å². The number of nitrogens with two attached hydrogens (primary N) is 1. The zero-order valence-electron chi connectivity index (χ0n) is 17.6. The topological polar surface area (TPSA) is 109 Å². The number of carbonyl (C=O) groups excluding carboxylic acids is 1. The minimum atomic E-state index is -4.92. The van der Waals surface area contributed by atoms with Gasteiger partial charge in [0, 0.05) is 58.6 Å². The van der Waals surface area contributed by atoms with Crippen LogP contribution in [0.4, 0.5) is 18.0 Å². The number of aromatic nitrogens is 2. The highest BCUT2D eigenvalue weighted by atomic mass is 19.4. The Morgan fingerprint density at radius 2 is 1.80 bits per heavy atom. The summed E-state index contributed by atoms with van der Waals surface area (Å²) in [5, 5.41) is 10.3. The van der Waals surface area contributed by atoms with Crippen molar-refractivity contribution in [2.24, 2.45) is 17.8 Å². The van der Waals surface area contributed by atoms with Gasteiger partial charge in [0.15, 0.2) is 5.96 Å². The summed E-state index contributed by atoms with van der Waals surface area (Å²) in [4.78, 5) is 23.0. The minimum absolute atomic E-state index is 0.0585. The van der Waals surface area contributed by atoms with Gasteiger partial charge in [-0.3, -0.25) is 4.99 Å². The quantitative estimate of drug-likeness (QED) is 0.548. The van der Waals surface area contributed by atoms with E-state index >= 15 is 0 Å².